The number of nitrogens with zero attached hydrogens (tertiary/aromatic N) is 4. The first-order valence-electron chi connectivity index (χ1n) is 11.9. The van der Waals surface area contributed by atoms with E-state index in [4.69, 9.17) is 4.52 Å². The zero-order valence-electron chi connectivity index (χ0n) is 20.3. The van der Waals surface area contributed by atoms with Crippen LogP contribution in [0.25, 0.3) is 32.9 Å². The van der Waals surface area contributed by atoms with Gasteiger partial charge in [0.25, 0.3) is 5.91 Å². The number of fused-ring (bicyclic) bond motifs is 3. The van der Waals surface area contributed by atoms with Crippen LogP contribution in [0.3, 0.4) is 0 Å². The van der Waals surface area contributed by atoms with Gasteiger partial charge in [0.2, 0.25) is 0 Å². The monoisotopic (exact) mass is 496 g/mol. The van der Waals surface area contributed by atoms with E-state index in [1.54, 1.807) is 24.3 Å². The fourth-order valence-electron chi connectivity index (χ4n) is 5.25. The van der Waals surface area contributed by atoms with Gasteiger partial charge in [-0.25, -0.2) is 8.78 Å². The number of likely N-dealkylation sites (tertiary alicyclic amines) is 1. The number of carbonyl (C=O) groups excluding carboxylic acids is 1. The summed E-state index contributed by atoms with van der Waals surface area (Å²) in [6.07, 6.45) is -0.992. The van der Waals surface area contributed by atoms with Gasteiger partial charge in [0.15, 0.2) is 0 Å². The highest BCUT2D eigenvalue weighted by Crippen LogP contribution is 2.38. The lowest BCUT2D eigenvalue weighted by Crippen LogP contribution is -2.51. The maximum absolute atomic E-state index is 14.0. The topological polar surface area (TPSA) is 75.1 Å². The molecule has 0 atom stereocenters. The van der Waals surface area contributed by atoms with Gasteiger partial charge in [-0.3, -0.25) is 4.79 Å². The van der Waals surface area contributed by atoms with Crippen LogP contribution < -0.4 is 0 Å². The molecular weight excluding hydrogens is 474 g/mol. The van der Waals surface area contributed by atoms with Gasteiger partial charge in [-0.15, -0.1) is 0 Å². The molecule has 1 fully saturated rings. The molecule has 0 radical (unpaired) electrons. The fraction of sp³-hybridized carbons (Fsp3) is 0.207. The van der Waals surface area contributed by atoms with Crippen molar-refractivity contribution >= 4 is 27.7 Å². The Morgan fingerprint density at radius 2 is 1.95 bits per heavy atom. The van der Waals surface area contributed by atoms with Gasteiger partial charge in [-0.05, 0) is 67.4 Å². The maximum Gasteiger partial charge on any atom is 0.254 e. The van der Waals surface area contributed by atoms with Gasteiger partial charge in [0.1, 0.15) is 17.7 Å². The molecular formula is C29H22F2N4O2. The summed E-state index contributed by atoms with van der Waals surface area (Å²) in [6.45, 7) is 4.20. The molecule has 184 valence electrons. The highest BCUT2D eigenvalue weighted by Gasteiger charge is 2.31. The number of aryl methyl sites for hydroxylation is 2. The fourth-order valence-corrected chi connectivity index (χ4v) is 5.25. The van der Waals surface area contributed by atoms with Crippen molar-refractivity contribution in [3.63, 3.8) is 0 Å². The van der Waals surface area contributed by atoms with Gasteiger partial charge in [0, 0.05) is 34.0 Å². The molecule has 0 saturated carbocycles. The molecule has 1 aliphatic rings. The van der Waals surface area contributed by atoms with Crippen molar-refractivity contribution < 1.29 is 18.1 Å². The lowest BCUT2D eigenvalue weighted by Gasteiger charge is -2.34. The quantitative estimate of drug-likeness (QED) is 0.310. The van der Waals surface area contributed by atoms with Gasteiger partial charge in [-0.1, -0.05) is 17.3 Å². The molecule has 1 aliphatic heterocycles. The second kappa shape index (κ2) is 8.56. The number of hydrogen-bond acceptors (Lipinski definition) is 4. The molecule has 6 nitrogen and oxygen atoms in total. The van der Waals surface area contributed by atoms with Crippen LogP contribution in [0.2, 0.25) is 0 Å². The van der Waals surface area contributed by atoms with Gasteiger partial charge >= 0.3 is 0 Å². The predicted molar refractivity (Wildman–Crippen MR) is 135 cm³/mol. The molecule has 3 aromatic carbocycles. The number of halogens is 2. The SMILES string of the molecule is Cc1noc(C)c1-c1cc(C#N)c2c3cc(C(=O)N4CC(F)C4)ccc3n(Cc3cccc(F)c3)c2c1. The number of alkyl halides is 1. The molecule has 6 rings (SSSR count). The Morgan fingerprint density at radius 3 is 2.62 bits per heavy atom. The lowest BCUT2D eigenvalue weighted by atomic mass is 9.97. The molecule has 8 heteroatoms. The Balaban J connectivity index is 1.61. The molecule has 0 aliphatic carbocycles. The van der Waals surface area contributed by atoms with E-state index < -0.39 is 6.17 Å². The maximum atomic E-state index is 14.0. The van der Waals surface area contributed by atoms with Crippen LogP contribution in [0.5, 0.6) is 0 Å². The van der Waals surface area contributed by atoms with E-state index in [9.17, 15) is 18.8 Å². The Labute approximate surface area is 211 Å². The number of rotatable bonds is 4. The Hall–Kier alpha value is -4.51. The van der Waals surface area contributed by atoms with Crippen molar-refractivity contribution in [3.05, 3.63) is 88.6 Å². The number of hydrogen-bond donors (Lipinski definition) is 0. The minimum atomic E-state index is -0.992. The first-order chi connectivity index (χ1) is 17.8. The van der Waals surface area contributed by atoms with E-state index in [-0.39, 0.29) is 24.8 Å². The summed E-state index contributed by atoms with van der Waals surface area (Å²) in [7, 11) is 0. The average molecular weight is 497 g/mol. The molecule has 0 bridgehead atoms. The van der Waals surface area contributed by atoms with Crippen LogP contribution in [0.1, 0.15) is 32.9 Å². The summed E-state index contributed by atoms with van der Waals surface area (Å²) < 4.78 is 34.8. The van der Waals surface area contributed by atoms with Crippen LogP contribution in [0.4, 0.5) is 8.78 Å². The largest absolute Gasteiger partial charge is 0.361 e. The zero-order chi connectivity index (χ0) is 25.8. The van der Waals surface area contributed by atoms with Crippen LogP contribution in [0, 0.1) is 31.0 Å². The van der Waals surface area contributed by atoms with Crippen LogP contribution in [-0.4, -0.2) is 39.8 Å². The Bertz CT molecular complexity index is 1740. The van der Waals surface area contributed by atoms with Crippen LogP contribution >= 0.6 is 0 Å². The van der Waals surface area contributed by atoms with E-state index in [0.717, 1.165) is 33.1 Å². The molecule has 2 aromatic heterocycles. The average Bonchev–Trinajstić information content (AvgIpc) is 3.36. The first-order valence-corrected chi connectivity index (χ1v) is 11.9. The van der Waals surface area contributed by atoms with Gasteiger partial charge < -0.3 is 14.0 Å². The minimum Gasteiger partial charge on any atom is -0.361 e. The van der Waals surface area contributed by atoms with E-state index in [0.29, 0.717) is 34.5 Å². The third-order valence-electron chi connectivity index (χ3n) is 7.01. The van der Waals surface area contributed by atoms with E-state index in [2.05, 4.69) is 11.2 Å². The molecule has 0 N–H and O–H groups in total. The summed E-state index contributed by atoms with van der Waals surface area (Å²) in [5, 5.41) is 15.7. The summed E-state index contributed by atoms with van der Waals surface area (Å²) in [6, 6.07) is 17.8. The Kier molecular flexibility index (Phi) is 5.30. The molecule has 3 heterocycles. The number of carbonyl (C=O) groups is 1. The van der Waals surface area contributed by atoms with Crippen LogP contribution in [-0.2, 0) is 6.54 Å². The molecule has 5 aromatic rings. The number of nitriles is 1. The summed E-state index contributed by atoms with van der Waals surface area (Å²) in [5.74, 6) is 0.0656. The van der Waals surface area contributed by atoms with Gasteiger partial charge in [0.05, 0.1) is 35.9 Å². The van der Waals surface area contributed by atoms with Crippen molar-refractivity contribution in [3.8, 4) is 17.2 Å². The second-order valence-electron chi connectivity index (χ2n) is 9.48. The summed E-state index contributed by atoms with van der Waals surface area (Å²) in [4.78, 5) is 14.4. The standard InChI is InChI=1S/C29H22F2N4O2/c1-16-27(17(2)37-33-16)20-9-21(12-32)28-24-10-19(29(36)34-14-23(31)15-34)6-7-25(24)35(26(28)11-20)13-18-4-3-5-22(30)8-18/h3-11,23H,13-15H2,1-2H3. The third-order valence-corrected chi connectivity index (χ3v) is 7.01. The second-order valence-corrected chi connectivity index (χ2v) is 9.48. The predicted octanol–water partition coefficient (Wildman–Crippen LogP) is 5.92. The zero-order valence-corrected chi connectivity index (χ0v) is 20.3. The van der Waals surface area contributed by atoms with Crippen molar-refractivity contribution in [2.75, 3.05) is 13.1 Å². The van der Waals surface area contributed by atoms with E-state index >= 15 is 0 Å². The minimum absolute atomic E-state index is 0.0858. The molecule has 37 heavy (non-hydrogen) atoms. The summed E-state index contributed by atoms with van der Waals surface area (Å²) >= 11 is 0. The number of benzene rings is 3. The van der Waals surface area contributed by atoms with E-state index in [1.807, 2.05) is 36.6 Å². The van der Waals surface area contributed by atoms with Crippen molar-refractivity contribution in [1.29, 1.82) is 5.26 Å². The smallest absolute Gasteiger partial charge is 0.254 e. The van der Waals surface area contributed by atoms with Crippen molar-refractivity contribution in [2.45, 2.75) is 26.6 Å². The molecule has 0 unspecified atom stereocenters. The van der Waals surface area contributed by atoms with Gasteiger partial charge in [-0.2, -0.15) is 5.26 Å². The summed E-state index contributed by atoms with van der Waals surface area (Å²) in [5.41, 5.74) is 5.51. The molecule has 0 spiro atoms. The Morgan fingerprint density at radius 1 is 1.14 bits per heavy atom. The number of aromatic nitrogens is 2. The van der Waals surface area contributed by atoms with Crippen LogP contribution in [0.15, 0.2) is 59.1 Å². The third kappa shape index (κ3) is 3.75. The highest BCUT2D eigenvalue weighted by atomic mass is 19.1. The molecule has 1 saturated heterocycles. The van der Waals surface area contributed by atoms with Crippen molar-refractivity contribution in [2.24, 2.45) is 0 Å². The highest BCUT2D eigenvalue weighted by molar-refractivity contribution is 6.14. The lowest BCUT2D eigenvalue weighted by molar-refractivity contribution is 0.0400. The first kappa shape index (κ1) is 22.9. The molecule has 1 amide bonds. The van der Waals surface area contributed by atoms with E-state index in [1.165, 1.54) is 17.0 Å². The normalized spacial score (nSPS) is 13.8. The number of amides is 1. The van der Waals surface area contributed by atoms with Crippen molar-refractivity contribution in [1.82, 2.24) is 14.6 Å².